The molecule has 18 heavy (non-hydrogen) atoms. The predicted octanol–water partition coefficient (Wildman–Crippen LogP) is 3.85. The van der Waals surface area contributed by atoms with Crippen LogP contribution in [0, 0.1) is 5.92 Å². The van der Waals surface area contributed by atoms with Gasteiger partial charge in [-0.3, -0.25) is 4.98 Å². The lowest BCUT2D eigenvalue weighted by Crippen LogP contribution is -2.16. The molecule has 1 atom stereocenters. The summed E-state index contributed by atoms with van der Waals surface area (Å²) in [5.41, 5.74) is 1.97. The van der Waals surface area contributed by atoms with Crippen molar-refractivity contribution in [1.82, 2.24) is 4.98 Å². The Labute approximate surface area is 108 Å². The van der Waals surface area contributed by atoms with Gasteiger partial charge in [0.15, 0.2) is 0 Å². The first kappa shape index (κ1) is 11.7. The SMILES string of the molecule is OC(c1cnc2ccccc2c1)C1CCCCC1. The van der Waals surface area contributed by atoms with E-state index in [0.29, 0.717) is 5.92 Å². The number of aromatic nitrogens is 1. The quantitative estimate of drug-likeness (QED) is 0.866. The fraction of sp³-hybridized carbons (Fsp3) is 0.438. The third kappa shape index (κ3) is 2.25. The molecular weight excluding hydrogens is 222 g/mol. The summed E-state index contributed by atoms with van der Waals surface area (Å²) in [6.07, 6.45) is 7.61. The van der Waals surface area contributed by atoms with E-state index in [1.54, 1.807) is 0 Å². The summed E-state index contributed by atoms with van der Waals surface area (Å²) >= 11 is 0. The number of aliphatic hydroxyl groups is 1. The minimum absolute atomic E-state index is 0.345. The van der Waals surface area contributed by atoms with Gasteiger partial charge < -0.3 is 5.11 Å². The third-order valence-electron chi connectivity index (χ3n) is 4.05. The van der Waals surface area contributed by atoms with Crippen LogP contribution in [0.15, 0.2) is 36.5 Å². The molecule has 1 aromatic carbocycles. The number of fused-ring (bicyclic) bond motifs is 1. The number of hydrogen-bond acceptors (Lipinski definition) is 2. The normalized spacial score (nSPS) is 18.9. The first-order valence-electron chi connectivity index (χ1n) is 6.87. The number of rotatable bonds is 2. The van der Waals surface area contributed by atoms with Crippen molar-refractivity contribution >= 4 is 10.9 Å². The van der Waals surface area contributed by atoms with Crippen LogP contribution < -0.4 is 0 Å². The van der Waals surface area contributed by atoms with Gasteiger partial charge in [0.25, 0.3) is 0 Å². The van der Waals surface area contributed by atoms with E-state index in [-0.39, 0.29) is 6.10 Å². The van der Waals surface area contributed by atoms with Crippen LogP contribution in [0.3, 0.4) is 0 Å². The second kappa shape index (κ2) is 5.07. The lowest BCUT2D eigenvalue weighted by Gasteiger charge is -2.26. The fourth-order valence-electron chi connectivity index (χ4n) is 2.97. The van der Waals surface area contributed by atoms with E-state index < -0.39 is 0 Å². The van der Waals surface area contributed by atoms with Gasteiger partial charge in [-0.25, -0.2) is 0 Å². The molecule has 3 rings (SSSR count). The van der Waals surface area contributed by atoms with Crippen molar-refractivity contribution in [3.8, 4) is 0 Å². The molecule has 0 aliphatic heterocycles. The molecule has 1 aliphatic rings. The Morgan fingerprint density at radius 1 is 1.11 bits per heavy atom. The summed E-state index contributed by atoms with van der Waals surface area (Å²) in [5.74, 6) is 0.418. The lowest BCUT2D eigenvalue weighted by molar-refractivity contribution is 0.0847. The molecule has 2 aromatic rings. The number of pyridine rings is 1. The van der Waals surface area contributed by atoms with Crippen molar-refractivity contribution in [3.63, 3.8) is 0 Å². The number of para-hydroxylation sites is 1. The molecule has 0 radical (unpaired) electrons. The molecule has 1 fully saturated rings. The smallest absolute Gasteiger partial charge is 0.0833 e. The molecule has 1 aromatic heterocycles. The van der Waals surface area contributed by atoms with E-state index in [0.717, 1.165) is 29.3 Å². The number of hydrogen-bond donors (Lipinski definition) is 1. The summed E-state index contributed by atoms with van der Waals surface area (Å²) in [6.45, 7) is 0. The van der Waals surface area contributed by atoms with Gasteiger partial charge in [0.1, 0.15) is 0 Å². The molecule has 2 nitrogen and oxygen atoms in total. The van der Waals surface area contributed by atoms with Gasteiger partial charge in [-0.15, -0.1) is 0 Å². The second-order valence-electron chi connectivity index (χ2n) is 5.30. The number of benzene rings is 1. The Morgan fingerprint density at radius 3 is 2.72 bits per heavy atom. The summed E-state index contributed by atoms with van der Waals surface area (Å²) in [6, 6.07) is 10.2. The molecule has 2 heteroatoms. The van der Waals surface area contributed by atoms with Crippen LogP contribution in [0.5, 0.6) is 0 Å². The highest BCUT2D eigenvalue weighted by molar-refractivity contribution is 5.78. The summed E-state index contributed by atoms with van der Waals surface area (Å²) in [7, 11) is 0. The summed E-state index contributed by atoms with van der Waals surface area (Å²) in [4.78, 5) is 4.44. The van der Waals surface area contributed by atoms with Crippen molar-refractivity contribution in [1.29, 1.82) is 0 Å². The Hall–Kier alpha value is -1.41. The molecule has 1 aliphatic carbocycles. The standard InChI is InChI=1S/C16H19NO/c18-16(12-6-2-1-3-7-12)14-10-13-8-4-5-9-15(13)17-11-14/h4-5,8-12,16,18H,1-3,6-7H2. The molecule has 1 saturated carbocycles. The van der Waals surface area contributed by atoms with Gasteiger partial charge >= 0.3 is 0 Å². The molecule has 1 unspecified atom stereocenters. The summed E-state index contributed by atoms with van der Waals surface area (Å²) in [5, 5.41) is 11.6. The molecule has 94 valence electrons. The number of nitrogens with zero attached hydrogens (tertiary/aromatic N) is 1. The van der Waals surface area contributed by atoms with E-state index in [1.807, 2.05) is 24.4 Å². The first-order chi connectivity index (χ1) is 8.84. The van der Waals surface area contributed by atoms with Crippen molar-refractivity contribution in [2.75, 3.05) is 0 Å². The van der Waals surface area contributed by atoms with Crippen LogP contribution in [0.4, 0.5) is 0 Å². The minimum Gasteiger partial charge on any atom is -0.388 e. The fourth-order valence-corrected chi connectivity index (χ4v) is 2.97. The van der Waals surface area contributed by atoms with E-state index in [1.165, 1.54) is 19.3 Å². The van der Waals surface area contributed by atoms with E-state index in [4.69, 9.17) is 0 Å². The van der Waals surface area contributed by atoms with E-state index in [9.17, 15) is 5.11 Å². The first-order valence-corrected chi connectivity index (χ1v) is 6.87. The molecule has 0 spiro atoms. The number of aliphatic hydroxyl groups excluding tert-OH is 1. The maximum absolute atomic E-state index is 10.5. The summed E-state index contributed by atoms with van der Waals surface area (Å²) < 4.78 is 0. The average Bonchev–Trinajstić information content (AvgIpc) is 2.47. The van der Waals surface area contributed by atoms with Crippen molar-refractivity contribution in [3.05, 3.63) is 42.1 Å². The predicted molar refractivity (Wildman–Crippen MR) is 73.3 cm³/mol. The van der Waals surface area contributed by atoms with Gasteiger partial charge in [0, 0.05) is 11.6 Å². The van der Waals surface area contributed by atoms with Gasteiger partial charge in [0.05, 0.1) is 11.6 Å². The van der Waals surface area contributed by atoms with Gasteiger partial charge in [-0.1, -0.05) is 37.5 Å². The zero-order chi connectivity index (χ0) is 12.4. The van der Waals surface area contributed by atoms with Crippen LogP contribution in [0.2, 0.25) is 0 Å². The monoisotopic (exact) mass is 241 g/mol. The van der Waals surface area contributed by atoms with Crippen molar-refractivity contribution < 1.29 is 5.11 Å². The third-order valence-corrected chi connectivity index (χ3v) is 4.05. The highest BCUT2D eigenvalue weighted by atomic mass is 16.3. The molecule has 0 amide bonds. The molecule has 0 saturated heterocycles. The van der Waals surface area contributed by atoms with Crippen LogP contribution in [-0.4, -0.2) is 10.1 Å². The molecule has 1 N–H and O–H groups in total. The second-order valence-corrected chi connectivity index (χ2v) is 5.30. The zero-order valence-corrected chi connectivity index (χ0v) is 10.5. The Kier molecular flexibility index (Phi) is 3.28. The van der Waals surface area contributed by atoms with Crippen LogP contribution in [0.25, 0.3) is 10.9 Å². The lowest BCUT2D eigenvalue weighted by atomic mass is 9.83. The molecular formula is C16H19NO. The van der Waals surface area contributed by atoms with Gasteiger partial charge in [-0.05, 0) is 36.5 Å². The molecule has 0 bridgehead atoms. The average molecular weight is 241 g/mol. The van der Waals surface area contributed by atoms with Crippen molar-refractivity contribution in [2.24, 2.45) is 5.92 Å². The van der Waals surface area contributed by atoms with Gasteiger partial charge in [0.2, 0.25) is 0 Å². The Bertz CT molecular complexity index is 531. The van der Waals surface area contributed by atoms with Crippen LogP contribution in [-0.2, 0) is 0 Å². The molecule has 1 heterocycles. The largest absolute Gasteiger partial charge is 0.388 e. The highest BCUT2D eigenvalue weighted by Crippen LogP contribution is 2.34. The van der Waals surface area contributed by atoms with Crippen LogP contribution >= 0.6 is 0 Å². The van der Waals surface area contributed by atoms with Crippen molar-refractivity contribution in [2.45, 2.75) is 38.2 Å². The maximum Gasteiger partial charge on any atom is 0.0833 e. The Morgan fingerprint density at radius 2 is 1.89 bits per heavy atom. The minimum atomic E-state index is -0.345. The van der Waals surface area contributed by atoms with E-state index in [2.05, 4.69) is 17.1 Å². The zero-order valence-electron chi connectivity index (χ0n) is 10.5. The van der Waals surface area contributed by atoms with E-state index >= 15 is 0 Å². The Balaban J connectivity index is 1.88. The van der Waals surface area contributed by atoms with Gasteiger partial charge in [-0.2, -0.15) is 0 Å². The maximum atomic E-state index is 10.5. The topological polar surface area (TPSA) is 33.1 Å². The van der Waals surface area contributed by atoms with Crippen LogP contribution in [0.1, 0.15) is 43.8 Å². The highest BCUT2D eigenvalue weighted by Gasteiger charge is 2.23.